The van der Waals surface area contributed by atoms with Crippen LogP contribution in [-0.2, 0) is 14.3 Å². The van der Waals surface area contributed by atoms with Gasteiger partial charge in [-0.15, -0.1) is 0 Å². The molecule has 0 atom stereocenters. The predicted molar refractivity (Wildman–Crippen MR) is 66.7 cm³/mol. The van der Waals surface area contributed by atoms with Crippen molar-refractivity contribution in [2.75, 3.05) is 6.61 Å². The molecule has 0 heterocycles. The smallest absolute Gasteiger partial charge is 0.306 e. The highest BCUT2D eigenvalue weighted by Crippen LogP contribution is 2.18. The number of unbranched alkanes of at least 4 members (excludes halogenated alkanes) is 3. The molecule has 1 rings (SSSR count). The van der Waals surface area contributed by atoms with Crippen molar-refractivity contribution in [2.24, 2.45) is 0 Å². The molecule has 0 amide bonds. The number of carbonyl (C=O) groups is 2. The van der Waals surface area contributed by atoms with Crippen molar-refractivity contribution in [2.45, 2.75) is 58.3 Å². The Morgan fingerprint density at radius 1 is 1.35 bits per heavy atom. The number of Topliss-reactive ketones (excluding diaryl/α,β-unsaturated/α-hetero) is 1. The minimum absolute atomic E-state index is 0.179. The topological polar surface area (TPSA) is 43.4 Å². The van der Waals surface area contributed by atoms with E-state index in [1.54, 1.807) is 0 Å². The fourth-order valence-electron chi connectivity index (χ4n) is 1.92. The monoisotopic (exact) mass is 238 g/mol. The average Bonchev–Trinajstić information content (AvgIpc) is 2.72. The van der Waals surface area contributed by atoms with Gasteiger partial charge >= 0.3 is 5.97 Å². The third-order valence-corrected chi connectivity index (χ3v) is 2.98. The lowest BCUT2D eigenvalue weighted by molar-refractivity contribution is -0.143. The fraction of sp³-hybridized carbons (Fsp3) is 0.714. The summed E-state index contributed by atoms with van der Waals surface area (Å²) in [5, 5.41) is 0. The van der Waals surface area contributed by atoms with E-state index in [0.29, 0.717) is 25.9 Å². The second-order valence-electron chi connectivity index (χ2n) is 4.47. The Hall–Kier alpha value is -1.12. The first-order valence-corrected chi connectivity index (χ1v) is 6.62. The van der Waals surface area contributed by atoms with Gasteiger partial charge in [0.05, 0.1) is 6.61 Å². The molecule has 0 aliphatic heterocycles. The molecular weight excluding hydrogens is 216 g/mol. The third-order valence-electron chi connectivity index (χ3n) is 2.98. The normalized spacial score (nSPS) is 14.9. The zero-order valence-corrected chi connectivity index (χ0v) is 10.7. The summed E-state index contributed by atoms with van der Waals surface area (Å²) >= 11 is 0. The van der Waals surface area contributed by atoms with Gasteiger partial charge in [0.25, 0.3) is 0 Å². The first-order chi connectivity index (χ1) is 8.24. The van der Waals surface area contributed by atoms with Crippen molar-refractivity contribution in [3.05, 3.63) is 11.6 Å². The van der Waals surface area contributed by atoms with E-state index < -0.39 is 0 Å². The SMILES string of the molecule is CCCCCCOC(=O)CCC1=CCCC1=O. The quantitative estimate of drug-likeness (QED) is 0.482. The van der Waals surface area contributed by atoms with Crippen LogP contribution >= 0.6 is 0 Å². The van der Waals surface area contributed by atoms with Crippen molar-refractivity contribution in [1.29, 1.82) is 0 Å². The van der Waals surface area contributed by atoms with E-state index in [2.05, 4.69) is 6.92 Å². The summed E-state index contributed by atoms with van der Waals surface area (Å²) in [6, 6.07) is 0. The van der Waals surface area contributed by atoms with Crippen LogP contribution in [0.5, 0.6) is 0 Å². The Morgan fingerprint density at radius 2 is 2.18 bits per heavy atom. The molecule has 3 nitrogen and oxygen atoms in total. The Labute approximate surface area is 103 Å². The van der Waals surface area contributed by atoms with Crippen LogP contribution in [-0.4, -0.2) is 18.4 Å². The molecule has 3 heteroatoms. The highest BCUT2D eigenvalue weighted by molar-refractivity contribution is 5.97. The maximum atomic E-state index is 11.4. The number of rotatable bonds is 8. The molecule has 0 aromatic rings. The van der Waals surface area contributed by atoms with E-state index in [9.17, 15) is 9.59 Å². The molecule has 17 heavy (non-hydrogen) atoms. The van der Waals surface area contributed by atoms with Gasteiger partial charge < -0.3 is 4.74 Å². The zero-order chi connectivity index (χ0) is 12.5. The lowest BCUT2D eigenvalue weighted by Gasteiger charge is -2.04. The Kier molecular flexibility index (Phi) is 6.60. The van der Waals surface area contributed by atoms with Crippen molar-refractivity contribution >= 4 is 11.8 Å². The molecule has 0 spiro atoms. The van der Waals surface area contributed by atoms with Crippen molar-refractivity contribution in [3.63, 3.8) is 0 Å². The van der Waals surface area contributed by atoms with E-state index in [-0.39, 0.29) is 11.8 Å². The van der Waals surface area contributed by atoms with Crippen LogP contribution < -0.4 is 0 Å². The lowest BCUT2D eigenvalue weighted by Crippen LogP contribution is -2.07. The molecule has 96 valence electrons. The fourth-order valence-corrected chi connectivity index (χ4v) is 1.92. The van der Waals surface area contributed by atoms with Crippen LogP contribution in [0.25, 0.3) is 0 Å². The van der Waals surface area contributed by atoms with Gasteiger partial charge in [-0.1, -0.05) is 32.3 Å². The molecule has 0 aromatic heterocycles. The van der Waals surface area contributed by atoms with Gasteiger partial charge in [-0.25, -0.2) is 0 Å². The molecule has 0 saturated heterocycles. The van der Waals surface area contributed by atoms with Crippen molar-refractivity contribution in [1.82, 2.24) is 0 Å². The van der Waals surface area contributed by atoms with Gasteiger partial charge in [0, 0.05) is 12.8 Å². The van der Waals surface area contributed by atoms with E-state index >= 15 is 0 Å². The van der Waals surface area contributed by atoms with Gasteiger partial charge in [0.2, 0.25) is 0 Å². The summed E-state index contributed by atoms with van der Waals surface area (Å²) in [7, 11) is 0. The maximum Gasteiger partial charge on any atom is 0.306 e. The molecule has 0 bridgehead atoms. The Morgan fingerprint density at radius 3 is 2.82 bits per heavy atom. The summed E-state index contributed by atoms with van der Waals surface area (Å²) in [6.45, 7) is 2.67. The molecule has 0 fully saturated rings. The van der Waals surface area contributed by atoms with E-state index in [0.717, 1.165) is 24.8 Å². The number of esters is 1. The number of carbonyl (C=O) groups excluding carboxylic acids is 2. The van der Waals surface area contributed by atoms with Crippen molar-refractivity contribution in [3.8, 4) is 0 Å². The van der Waals surface area contributed by atoms with E-state index in [1.807, 2.05) is 6.08 Å². The zero-order valence-electron chi connectivity index (χ0n) is 10.7. The molecule has 0 radical (unpaired) electrons. The maximum absolute atomic E-state index is 11.4. The first kappa shape index (κ1) is 13.9. The number of hydrogen-bond acceptors (Lipinski definition) is 3. The molecule has 0 N–H and O–H groups in total. The van der Waals surface area contributed by atoms with Gasteiger partial charge in [-0.05, 0) is 24.8 Å². The molecule has 1 aliphatic rings. The minimum atomic E-state index is -0.179. The van der Waals surface area contributed by atoms with Crippen LogP contribution in [0.1, 0.15) is 58.3 Å². The summed E-state index contributed by atoms with van der Waals surface area (Å²) in [4.78, 5) is 22.7. The highest BCUT2D eigenvalue weighted by Gasteiger charge is 2.16. The number of ether oxygens (including phenoxy) is 1. The summed E-state index contributed by atoms with van der Waals surface area (Å²) in [6.07, 6.45) is 8.72. The number of allylic oxidation sites excluding steroid dienone is 2. The second-order valence-corrected chi connectivity index (χ2v) is 4.47. The van der Waals surface area contributed by atoms with Crippen LogP contribution in [0, 0.1) is 0 Å². The molecule has 0 unspecified atom stereocenters. The Balaban J connectivity index is 2.03. The predicted octanol–water partition coefficient (Wildman–Crippen LogP) is 3.18. The van der Waals surface area contributed by atoms with Gasteiger partial charge in [-0.3, -0.25) is 9.59 Å². The van der Waals surface area contributed by atoms with Gasteiger partial charge in [0.15, 0.2) is 5.78 Å². The van der Waals surface area contributed by atoms with E-state index in [4.69, 9.17) is 4.74 Å². The standard InChI is InChI=1S/C14H22O3/c1-2-3-4-5-11-17-14(16)10-9-12-7-6-8-13(12)15/h7H,2-6,8-11H2,1H3. The highest BCUT2D eigenvalue weighted by atomic mass is 16.5. The summed E-state index contributed by atoms with van der Waals surface area (Å²) < 4.78 is 5.11. The van der Waals surface area contributed by atoms with E-state index in [1.165, 1.54) is 12.8 Å². The van der Waals surface area contributed by atoms with Crippen LogP contribution in [0.4, 0.5) is 0 Å². The summed E-state index contributed by atoms with van der Waals surface area (Å²) in [5.74, 6) is 0.0165. The lowest BCUT2D eigenvalue weighted by atomic mass is 10.1. The second kappa shape index (κ2) is 8.04. The van der Waals surface area contributed by atoms with Crippen LogP contribution in [0.2, 0.25) is 0 Å². The number of hydrogen-bond donors (Lipinski definition) is 0. The Bertz CT molecular complexity index is 292. The molecule has 1 aliphatic carbocycles. The summed E-state index contributed by atoms with van der Waals surface area (Å²) in [5.41, 5.74) is 0.813. The largest absolute Gasteiger partial charge is 0.466 e. The van der Waals surface area contributed by atoms with Gasteiger partial charge in [-0.2, -0.15) is 0 Å². The third kappa shape index (κ3) is 5.66. The number of ketones is 1. The van der Waals surface area contributed by atoms with Crippen molar-refractivity contribution < 1.29 is 14.3 Å². The molecule has 0 aromatic carbocycles. The minimum Gasteiger partial charge on any atom is -0.466 e. The van der Waals surface area contributed by atoms with Gasteiger partial charge in [0.1, 0.15) is 0 Å². The first-order valence-electron chi connectivity index (χ1n) is 6.62. The average molecular weight is 238 g/mol. The molecule has 0 saturated carbocycles. The molecular formula is C14H22O3. The van der Waals surface area contributed by atoms with Crippen LogP contribution in [0.3, 0.4) is 0 Å². The van der Waals surface area contributed by atoms with Crippen LogP contribution in [0.15, 0.2) is 11.6 Å².